The Bertz CT molecular complexity index is 536. The highest BCUT2D eigenvalue weighted by atomic mass is 16.7. The van der Waals surface area contributed by atoms with Crippen LogP contribution in [0.2, 0.25) is 0 Å². The molecule has 1 heterocycles. The van der Waals surface area contributed by atoms with E-state index in [1.165, 1.54) is 0 Å². The van der Waals surface area contributed by atoms with Crippen LogP contribution in [0.15, 0.2) is 29.7 Å². The number of likely N-dealkylation sites (N-methyl/N-ethyl adjacent to an activating group) is 1. The molecule has 0 unspecified atom stereocenters. The Labute approximate surface area is 140 Å². The molecule has 1 aliphatic rings. The van der Waals surface area contributed by atoms with Crippen LogP contribution in [0, 0.1) is 0 Å². The Balaban J connectivity index is 2.21. The van der Waals surface area contributed by atoms with E-state index in [2.05, 4.69) is 63.4 Å². The van der Waals surface area contributed by atoms with Crippen LogP contribution in [0.5, 0.6) is 0 Å². The minimum absolute atomic E-state index is 0.327. The van der Waals surface area contributed by atoms with Crippen LogP contribution < -0.4 is 5.32 Å². The molecule has 0 amide bonds. The lowest BCUT2D eigenvalue weighted by Crippen LogP contribution is -2.41. The van der Waals surface area contributed by atoms with Gasteiger partial charge < -0.3 is 19.4 Å². The van der Waals surface area contributed by atoms with Gasteiger partial charge in [0.1, 0.15) is 0 Å². The maximum absolute atomic E-state index is 6.16. The Morgan fingerprint density at radius 1 is 1.13 bits per heavy atom. The summed E-state index contributed by atoms with van der Waals surface area (Å²) in [5, 5.41) is 3.20. The number of hydrogen-bond donors (Lipinski definition) is 1. The fraction of sp³-hybridized carbons (Fsp3) is 0.556. The highest BCUT2D eigenvalue weighted by Gasteiger charge is 2.52. The number of methoxy groups -OCH3 is 1. The molecule has 0 aromatic heterocycles. The van der Waals surface area contributed by atoms with Crippen LogP contribution >= 0.6 is 0 Å². The number of benzene rings is 1. The zero-order valence-corrected chi connectivity index (χ0v) is 15.1. The molecular formula is C18H28BNO3. The molecule has 1 aromatic carbocycles. The molecule has 1 aromatic rings. The van der Waals surface area contributed by atoms with Crippen LogP contribution in [-0.2, 0) is 20.7 Å². The molecule has 0 atom stereocenters. The molecule has 23 heavy (non-hydrogen) atoms. The van der Waals surface area contributed by atoms with Crippen LogP contribution in [0.3, 0.4) is 0 Å². The fourth-order valence-corrected chi connectivity index (χ4v) is 2.49. The predicted molar refractivity (Wildman–Crippen MR) is 95.1 cm³/mol. The molecule has 0 bridgehead atoms. The third-order valence-corrected chi connectivity index (χ3v) is 4.58. The first-order valence-electron chi connectivity index (χ1n) is 8.07. The van der Waals surface area contributed by atoms with Crippen molar-refractivity contribution in [3.8, 4) is 0 Å². The number of nitrogens with one attached hydrogen (secondary N) is 1. The molecule has 0 radical (unpaired) electrons. The summed E-state index contributed by atoms with van der Waals surface area (Å²) >= 11 is 0. The van der Waals surface area contributed by atoms with Gasteiger partial charge in [0.25, 0.3) is 0 Å². The Morgan fingerprint density at radius 2 is 1.70 bits per heavy atom. The van der Waals surface area contributed by atoms with Gasteiger partial charge in [-0.3, -0.25) is 0 Å². The van der Waals surface area contributed by atoms with Crippen LogP contribution in [0.1, 0.15) is 38.8 Å². The van der Waals surface area contributed by atoms with Gasteiger partial charge in [0.2, 0.25) is 0 Å². The van der Waals surface area contributed by atoms with E-state index in [4.69, 9.17) is 14.0 Å². The second-order valence-electron chi connectivity index (χ2n) is 7.01. The minimum Gasteiger partial charge on any atom is -0.400 e. The summed E-state index contributed by atoms with van der Waals surface area (Å²) in [7, 11) is 3.31. The van der Waals surface area contributed by atoms with Crippen molar-refractivity contribution in [1.29, 1.82) is 0 Å². The fourth-order valence-electron chi connectivity index (χ4n) is 2.49. The monoisotopic (exact) mass is 317 g/mol. The molecule has 1 saturated heterocycles. The van der Waals surface area contributed by atoms with Crippen molar-refractivity contribution in [2.24, 2.45) is 0 Å². The zero-order chi connectivity index (χ0) is 17.1. The molecule has 5 heteroatoms. The van der Waals surface area contributed by atoms with Crippen molar-refractivity contribution in [2.75, 3.05) is 20.7 Å². The first-order chi connectivity index (χ1) is 10.8. The highest BCUT2D eigenvalue weighted by molar-refractivity contribution is 6.55. The largest absolute Gasteiger partial charge is 0.491 e. The maximum Gasteiger partial charge on any atom is 0.491 e. The van der Waals surface area contributed by atoms with E-state index in [0.29, 0.717) is 6.61 Å². The maximum atomic E-state index is 6.16. The molecule has 1 N–H and O–H groups in total. The van der Waals surface area contributed by atoms with E-state index in [0.717, 1.165) is 23.1 Å². The van der Waals surface area contributed by atoms with Crippen molar-refractivity contribution in [3.05, 3.63) is 40.9 Å². The van der Waals surface area contributed by atoms with E-state index >= 15 is 0 Å². The minimum atomic E-state index is -0.328. The molecule has 0 spiro atoms. The summed E-state index contributed by atoms with van der Waals surface area (Å²) in [5.41, 5.74) is 2.73. The van der Waals surface area contributed by atoms with E-state index in [1.807, 2.05) is 7.05 Å². The lowest BCUT2D eigenvalue weighted by molar-refractivity contribution is 0.00578. The smallest absolute Gasteiger partial charge is 0.400 e. The average molecular weight is 317 g/mol. The summed E-state index contributed by atoms with van der Waals surface area (Å²) in [6.45, 7) is 9.64. The topological polar surface area (TPSA) is 39.7 Å². The highest BCUT2D eigenvalue weighted by Crippen LogP contribution is 2.38. The summed E-state index contributed by atoms with van der Waals surface area (Å²) in [6.07, 6.45) is 2.13. The molecule has 126 valence electrons. The van der Waals surface area contributed by atoms with E-state index < -0.39 is 0 Å². The molecule has 0 aliphatic carbocycles. The van der Waals surface area contributed by atoms with Gasteiger partial charge >= 0.3 is 7.12 Å². The van der Waals surface area contributed by atoms with Crippen LogP contribution in [0.25, 0.3) is 6.08 Å². The number of ether oxygens (including phenoxy) is 1. The first-order valence-corrected chi connectivity index (χ1v) is 8.07. The third-order valence-electron chi connectivity index (χ3n) is 4.58. The Morgan fingerprint density at radius 3 is 2.17 bits per heavy atom. The second kappa shape index (κ2) is 7.18. The van der Waals surface area contributed by atoms with Crippen molar-refractivity contribution in [1.82, 2.24) is 5.32 Å². The van der Waals surface area contributed by atoms with Crippen LogP contribution in [-0.4, -0.2) is 39.0 Å². The van der Waals surface area contributed by atoms with Gasteiger partial charge in [-0.1, -0.05) is 30.3 Å². The standard InChI is InChI=1S/C18H28BNO3/c1-17(2)18(3,4)23-19(22-17)16(12-20-5)11-14-7-9-15(10-8-14)13-21-6/h7-11,20H,12-13H2,1-6H3. The summed E-state index contributed by atoms with van der Waals surface area (Å²) < 4.78 is 17.5. The quantitative estimate of drug-likeness (QED) is 0.819. The van der Waals surface area contributed by atoms with Crippen molar-refractivity contribution in [3.63, 3.8) is 0 Å². The number of hydrogen-bond acceptors (Lipinski definition) is 4. The summed E-state index contributed by atoms with van der Waals surface area (Å²) in [4.78, 5) is 0. The van der Waals surface area contributed by atoms with Crippen molar-refractivity contribution < 1.29 is 14.0 Å². The molecular weight excluding hydrogens is 289 g/mol. The van der Waals surface area contributed by atoms with Gasteiger partial charge in [-0.2, -0.15) is 0 Å². The normalized spacial score (nSPS) is 20.1. The SMILES string of the molecule is CNCC(=Cc1ccc(COC)cc1)B1OC(C)(C)C(C)(C)O1. The van der Waals surface area contributed by atoms with Gasteiger partial charge in [0.15, 0.2) is 0 Å². The molecule has 0 saturated carbocycles. The van der Waals surface area contributed by atoms with E-state index in [-0.39, 0.29) is 18.3 Å². The molecule has 1 aliphatic heterocycles. The molecule has 1 fully saturated rings. The van der Waals surface area contributed by atoms with Gasteiger partial charge in [-0.15, -0.1) is 0 Å². The van der Waals surface area contributed by atoms with Gasteiger partial charge in [-0.25, -0.2) is 0 Å². The van der Waals surface area contributed by atoms with Crippen LogP contribution in [0.4, 0.5) is 0 Å². The average Bonchev–Trinajstić information content (AvgIpc) is 2.69. The molecule has 4 nitrogen and oxygen atoms in total. The van der Waals surface area contributed by atoms with Gasteiger partial charge in [0.05, 0.1) is 17.8 Å². The third kappa shape index (κ3) is 4.24. The number of rotatable bonds is 6. The Hall–Kier alpha value is -1.14. The first kappa shape index (κ1) is 18.2. The predicted octanol–water partition coefficient (Wildman–Crippen LogP) is 3.07. The second-order valence-corrected chi connectivity index (χ2v) is 7.01. The lowest BCUT2D eigenvalue weighted by atomic mass is 9.77. The Kier molecular flexibility index (Phi) is 5.68. The summed E-state index contributed by atoms with van der Waals surface area (Å²) in [6, 6.07) is 8.34. The van der Waals surface area contributed by atoms with Crippen molar-refractivity contribution >= 4 is 13.2 Å². The lowest BCUT2D eigenvalue weighted by Gasteiger charge is -2.32. The van der Waals surface area contributed by atoms with E-state index in [1.54, 1.807) is 7.11 Å². The zero-order valence-electron chi connectivity index (χ0n) is 15.1. The molecule has 2 rings (SSSR count). The van der Waals surface area contributed by atoms with Gasteiger partial charge in [-0.05, 0) is 51.3 Å². The van der Waals surface area contributed by atoms with E-state index in [9.17, 15) is 0 Å². The van der Waals surface area contributed by atoms with Gasteiger partial charge in [0, 0.05) is 13.7 Å². The summed E-state index contributed by atoms with van der Waals surface area (Å²) in [5.74, 6) is 0. The van der Waals surface area contributed by atoms with Crippen molar-refractivity contribution in [2.45, 2.75) is 45.5 Å².